The summed E-state index contributed by atoms with van der Waals surface area (Å²) in [4.78, 5) is 22.1. The first-order chi connectivity index (χ1) is 11.0. The van der Waals surface area contributed by atoms with Crippen molar-refractivity contribution >= 4 is 23.4 Å². The zero-order valence-corrected chi connectivity index (χ0v) is 12.2. The maximum Gasteiger partial charge on any atom is 0.271 e. The predicted molar refractivity (Wildman–Crippen MR) is 83.7 cm³/mol. The standard InChI is InChI=1S/C16H13FN2O4/c1-23-15-7-6-13(19(21)22)10-14(15)18-16(20)8-5-11-3-2-4-12(17)9-11/h2-10H,1H3,(H,18,20)/b8-5+. The molecular formula is C16H13FN2O4. The third-order valence-corrected chi connectivity index (χ3v) is 2.93. The van der Waals surface area contributed by atoms with Crippen LogP contribution in [0.15, 0.2) is 48.5 Å². The average molecular weight is 316 g/mol. The summed E-state index contributed by atoms with van der Waals surface area (Å²) < 4.78 is 18.1. The average Bonchev–Trinajstić information content (AvgIpc) is 2.53. The molecule has 118 valence electrons. The van der Waals surface area contributed by atoms with E-state index in [1.807, 2.05) is 0 Å². The number of halogens is 1. The van der Waals surface area contributed by atoms with Crippen molar-refractivity contribution in [3.8, 4) is 5.75 Å². The van der Waals surface area contributed by atoms with Crippen LogP contribution in [-0.2, 0) is 4.79 Å². The number of nitrogens with one attached hydrogen (secondary N) is 1. The van der Waals surface area contributed by atoms with Crippen molar-refractivity contribution < 1.29 is 18.8 Å². The molecule has 0 heterocycles. The molecule has 0 aliphatic heterocycles. The van der Waals surface area contributed by atoms with Crippen LogP contribution >= 0.6 is 0 Å². The Morgan fingerprint density at radius 3 is 2.74 bits per heavy atom. The molecule has 0 bridgehead atoms. The molecule has 0 unspecified atom stereocenters. The number of rotatable bonds is 5. The van der Waals surface area contributed by atoms with Crippen LogP contribution in [0.25, 0.3) is 6.08 Å². The van der Waals surface area contributed by atoms with Crippen LogP contribution in [0.5, 0.6) is 5.75 Å². The number of carbonyl (C=O) groups excluding carboxylic acids is 1. The number of carbonyl (C=O) groups is 1. The number of nitro benzene ring substituents is 1. The Kier molecular flexibility index (Phi) is 5.03. The van der Waals surface area contributed by atoms with Crippen LogP contribution < -0.4 is 10.1 Å². The molecule has 6 nitrogen and oxygen atoms in total. The first kappa shape index (κ1) is 16.2. The Morgan fingerprint density at radius 1 is 1.30 bits per heavy atom. The van der Waals surface area contributed by atoms with E-state index < -0.39 is 16.6 Å². The van der Waals surface area contributed by atoms with Gasteiger partial charge in [0.05, 0.1) is 17.7 Å². The molecule has 0 aliphatic carbocycles. The number of nitro groups is 1. The highest BCUT2D eigenvalue weighted by Gasteiger charge is 2.12. The highest BCUT2D eigenvalue weighted by atomic mass is 19.1. The van der Waals surface area contributed by atoms with Gasteiger partial charge in [0.1, 0.15) is 11.6 Å². The van der Waals surface area contributed by atoms with Gasteiger partial charge in [-0.3, -0.25) is 14.9 Å². The first-order valence-corrected chi connectivity index (χ1v) is 6.56. The maximum atomic E-state index is 13.0. The zero-order chi connectivity index (χ0) is 16.8. The maximum absolute atomic E-state index is 13.0. The summed E-state index contributed by atoms with van der Waals surface area (Å²) in [7, 11) is 1.39. The van der Waals surface area contributed by atoms with Crippen molar-refractivity contribution in [1.29, 1.82) is 0 Å². The smallest absolute Gasteiger partial charge is 0.271 e. The van der Waals surface area contributed by atoms with Gasteiger partial charge in [0.2, 0.25) is 5.91 Å². The molecule has 0 fully saturated rings. The molecule has 0 saturated carbocycles. The minimum Gasteiger partial charge on any atom is -0.495 e. The lowest BCUT2D eigenvalue weighted by Crippen LogP contribution is -2.09. The second kappa shape index (κ2) is 7.17. The molecule has 2 aromatic rings. The van der Waals surface area contributed by atoms with E-state index in [1.165, 1.54) is 55.7 Å². The summed E-state index contributed by atoms with van der Waals surface area (Å²) in [5.74, 6) is -0.635. The zero-order valence-electron chi connectivity index (χ0n) is 12.2. The summed E-state index contributed by atoms with van der Waals surface area (Å²) >= 11 is 0. The Balaban J connectivity index is 2.16. The lowest BCUT2D eigenvalue weighted by atomic mass is 10.2. The number of benzene rings is 2. The summed E-state index contributed by atoms with van der Waals surface area (Å²) in [5, 5.41) is 13.3. The van der Waals surface area contributed by atoms with Crippen LogP contribution in [0.3, 0.4) is 0 Å². The van der Waals surface area contributed by atoms with Crippen LogP contribution in [0, 0.1) is 15.9 Å². The van der Waals surface area contributed by atoms with E-state index in [4.69, 9.17) is 4.74 Å². The minimum atomic E-state index is -0.572. The highest BCUT2D eigenvalue weighted by molar-refractivity contribution is 6.03. The van der Waals surface area contributed by atoms with Crippen molar-refractivity contribution in [2.75, 3.05) is 12.4 Å². The van der Waals surface area contributed by atoms with Crippen molar-refractivity contribution in [1.82, 2.24) is 0 Å². The van der Waals surface area contributed by atoms with Gasteiger partial charge in [-0.25, -0.2) is 4.39 Å². The normalized spacial score (nSPS) is 10.5. The number of hydrogen-bond acceptors (Lipinski definition) is 4. The molecule has 0 saturated heterocycles. The second-order valence-corrected chi connectivity index (χ2v) is 4.52. The molecule has 7 heteroatoms. The van der Waals surface area contributed by atoms with Crippen molar-refractivity contribution in [2.24, 2.45) is 0 Å². The number of nitrogens with zero attached hydrogens (tertiary/aromatic N) is 1. The Bertz CT molecular complexity index is 774. The third-order valence-electron chi connectivity index (χ3n) is 2.93. The highest BCUT2D eigenvalue weighted by Crippen LogP contribution is 2.28. The quantitative estimate of drug-likeness (QED) is 0.521. The van der Waals surface area contributed by atoms with E-state index >= 15 is 0 Å². The van der Waals surface area contributed by atoms with Gasteiger partial charge in [-0.05, 0) is 29.8 Å². The Labute approximate surface area is 131 Å². The SMILES string of the molecule is COc1ccc([N+](=O)[O-])cc1NC(=O)/C=C/c1cccc(F)c1. The minimum absolute atomic E-state index is 0.171. The van der Waals surface area contributed by atoms with Gasteiger partial charge in [0, 0.05) is 18.2 Å². The third kappa shape index (κ3) is 4.37. The molecule has 0 aliphatic rings. The van der Waals surface area contributed by atoms with E-state index in [9.17, 15) is 19.3 Å². The molecule has 0 spiro atoms. The monoisotopic (exact) mass is 316 g/mol. The molecule has 0 radical (unpaired) electrons. The van der Waals surface area contributed by atoms with E-state index in [0.29, 0.717) is 11.3 Å². The van der Waals surface area contributed by atoms with Crippen molar-refractivity contribution in [3.63, 3.8) is 0 Å². The van der Waals surface area contributed by atoms with Crippen LogP contribution in [-0.4, -0.2) is 17.9 Å². The number of ether oxygens (including phenoxy) is 1. The largest absolute Gasteiger partial charge is 0.495 e. The Hall–Kier alpha value is -3.22. The molecule has 0 aromatic heterocycles. The topological polar surface area (TPSA) is 81.5 Å². The lowest BCUT2D eigenvalue weighted by molar-refractivity contribution is -0.384. The van der Waals surface area contributed by atoms with Gasteiger partial charge in [-0.1, -0.05) is 12.1 Å². The van der Waals surface area contributed by atoms with Gasteiger partial charge >= 0.3 is 0 Å². The molecule has 0 atom stereocenters. The molecule has 1 N–H and O–H groups in total. The molecular weight excluding hydrogens is 303 g/mol. The molecule has 2 rings (SSSR count). The molecule has 2 aromatic carbocycles. The van der Waals surface area contributed by atoms with Gasteiger partial charge in [-0.2, -0.15) is 0 Å². The van der Waals surface area contributed by atoms with E-state index in [-0.39, 0.29) is 11.4 Å². The van der Waals surface area contributed by atoms with E-state index in [2.05, 4.69) is 5.32 Å². The summed E-state index contributed by atoms with van der Waals surface area (Å²) in [6, 6.07) is 9.61. The number of methoxy groups -OCH3 is 1. The van der Waals surface area contributed by atoms with Crippen LogP contribution in [0.2, 0.25) is 0 Å². The van der Waals surface area contributed by atoms with Crippen molar-refractivity contribution in [2.45, 2.75) is 0 Å². The molecule has 23 heavy (non-hydrogen) atoms. The number of hydrogen-bond donors (Lipinski definition) is 1. The first-order valence-electron chi connectivity index (χ1n) is 6.56. The summed E-state index contributed by atoms with van der Waals surface area (Å²) in [6.45, 7) is 0. The predicted octanol–water partition coefficient (Wildman–Crippen LogP) is 3.39. The number of amides is 1. The summed E-state index contributed by atoms with van der Waals surface area (Å²) in [6.07, 6.45) is 2.63. The Morgan fingerprint density at radius 2 is 2.09 bits per heavy atom. The summed E-state index contributed by atoms with van der Waals surface area (Å²) in [5.41, 5.74) is 0.525. The molecule has 1 amide bonds. The number of anilines is 1. The fourth-order valence-corrected chi connectivity index (χ4v) is 1.86. The van der Waals surface area contributed by atoms with Crippen molar-refractivity contribution in [3.05, 3.63) is 70.0 Å². The number of non-ortho nitro benzene ring substituents is 1. The lowest BCUT2D eigenvalue weighted by Gasteiger charge is -2.08. The van der Waals surface area contributed by atoms with Gasteiger partial charge < -0.3 is 10.1 Å². The van der Waals surface area contributed by atoms with Gasteiger partial charge in [0.25, 0.3) is 5.69 Å². The fraction of sp³-hybridized carbons (Fsp3) is 0.0625. The van der Waals surface area contributed by atoms with Crippen LogP contribution in [0.1, 0.15) is 5.56 Å². The van der Waals surface area contributed by atoms with Gasteiger partial charge in [0.15, 0.2) is 0 Å². The fourth-order valence-electron chi connectivity index (χ4n) is 1.86. The van der Waals surface area contributed by atoms with E-state index in [0.717, 1.165) is 0 Å². The van der Waals surface area contributed by atoms with Gasteiger partial charge in [-0.15, -0.1) is 0 Å². The van der Waals surface area contributed by atoms with Crippen LogP contribution in [0.4, 0.5) is 15.8 Å². The van der Waals surface area contributed by atoms with E-state index in [1.54, 1.807) is 6.07 Å². The second-order valence-electron chi connectivity index (χ2n) is 4.52.